The summed E-state index contributed by atoms with van der Waals surface area (Å²) in [5.74, 6) is -0.296. The zero-order chi connectivity index (χ0) is 14.0. The molecule has 0 amide bonds. The van der Waals surface area contributed by atoms with Gasteiger partial charge in [0.1, 0.15) is 5.82 Å². The summed E-state index contributed by atoms with van der Waals surface area (Å²) >= 11 is 11.6. The number of rotatable bonds is 4. The van der Waals surface area contributed by atoms with Crippen molar-refractivity contribution in [3.05, 3.63) is 56.4 Å². The Bertz CT molecular complexity index is 582. The first kappa shape index (κ1) is 15.4. The molecule has 0 N–H and O–H groups in total. The fourth-order valence-corrected chi connectivity index (χ4v) is 4.32. The van der Waals surface area contributed by atoms with E-state index in [1.807, 2.05) is 11.4 Å². The molecule has 0 fully saturated rings. The standard InChI is InChI=1S/C13H8Br3FOS/c14-9-5-6-19-13(9)12(18)11(16)10(15)7-1-3-8(17)4-2-7/h1-6,10-11H. The average Bonchev–Trinajstić information content (AvgIpc) is 2.83. The second-order valence-corrected chi connectivity index (χ2v) is 7.56. The van der Waals surface area contributed by atoms with Gasteiger partial charge in [-0.15, -0.1) is 11.3 Å². The van der Waals surface area contributed by atoms with Gasteiger partial charge in [-0.3, -0.25) is 4.79 Å². The van der Waals surface area contributed by atoms with Crippen LogP contribution >= 0.6 is 59.1 Å². The van der Waals surface area contributed by atoms with Crippen LogP contribution in [0.15, 0.2) is 40.2 Å². The van der Waals surface area contributed by atoms with Crippen molar-refractivity contribution >= 4 is 64.9 Å². The normalized spacial score (nSPS) is 14.1. The molecule has 0 radical (unpaired) electrons. The lowest BCUT2D eigenvalue weighted by atomic mass is 10.1. The van der Waals surface area contributed by atoms with Crippen LogP contribution in [0.2, 0.25) is 0 Å². The van der Waals surface area contributed by atoms with Crippen LogP contribution in [0.25, 0.3) is 0 Å². The highest BCUT2D eigenvalue weighted by atomic mass is 79.9. The Morgan fingerprint density at radius 3 is 2.32 bits per heavy atom. The molecular weight excluding hydrogens is 463 g/mol. The fourth-order valence-electron chi connectivity index (χ4n) is 1.54. The van der Waals surface area contributed by atoms with E-state index in [2.05, 4.69) is 47.8 Å². The van der Waals surface area contributed by atoms with Crippen molar-refractivity contribution in [2.24, 2.45) is 0 Å². The quantitative estimate of drug-likeness (QED) is 0.412. The monoisotopic (exact) mass is 468 g/mol. The predicted molar refractivity (Wildman–Crippen MR) is 87.1 cm³/mol. The Kier molecular flexibility index (Phi) is 5.34. The number of hydrogen-bond acceptors (Lipinski definition) is 2. The summed E-state index contributed by atoms with van der Waals surface area (Å²) in [5.41, 5.74) is 0.851. The molecule has 19 heavy (non-hydrogen) atoms. The van der Waals surface area contributed by atoms with Crippen LogP contribution in [0.3, 0.4) is 0 Å². The predicted octanol–water partition coefficient (Wildman–Crippen LogP) is 5.73. The average molecular weight is 471 g/mol. The van der Waals surface area contributed by atoms with Gasteiger partial charge in [0.05, 0.1) is 14.5 Å². The van der Waals surface area contributed by atoms with E-state index in [9.17, 15) is 9.18 Å². The molecule has 0 spiro atoms. The minimum atomic E-state index is -0.409. The number of alkyl halides is 2. The zero-order valence-corrected chi connectivity index (χ0v) is 15.0. The highest BCUT2D eigenvalue weighted by molar-refractivity contribution is 9.12. The minimum Gasteiger partial charge on any atom is -0.292 e. The number of benzene rings is 1. The summed E-state index contributed by atoms with van der Waals surface area (Å²) < 4.78 is 13.7. The van der Waals surface area contributed by atoms with E-state index < -0.39 is 4.83 Å². The maximum Gasteiger partial charge on any atom is 0.188 e. The molecule has 0 saturated carbocycles. The molecule has 0 aliphatic carbocycles. The van der Waals surface area contributed by atoms with Gasteiger partial charge in [0, 0.05) is 4.47 Å². The molecule has 2 unspecified atom stereocenters. The highest BCUT2D eigenvalue weighted by Crippen LogP contribution is 2.35. The number of hydrogen-bond donors (Lipinski definition) is 0. The van der Waals surface area contributed by atoms with Gasteiger partial charge in [-0.1, -0.05) is 44.0 Å². The second kappa shape index (κ2) is 6.61. The Morgan fingerprint density at radius 1 is 1.16 bits per heavy atom. The van der Waals surface area contributed by atoms with Crippen molar-refractivity contribution in [1.82, 2.24) is 0 Å². The van der Waals surface area contributed by atoms with E-state index in [0.717, 1.165) is 10.0 Å². The largest absolute Gasteiger partial charge is 0.292 e. The molecule has 0 aliphatic rings. The smallest absolute Gasteiger partial charge is 0.188 e. The highest BCUT2D eigenvalue weighted by Gasteiger charge is 2.28. The molecule has 0 bridgehead atoms. The lowest BCUT2D eigenvalue weighted by Crippen LogP contribution is -2.18. The van der Waals surface area contributed by atoms with Gasteiger partial charge in [-0.25, -0.2) is 4.39 Å². The van der Waals surface area contributed by atoms with Gasteiger partial charge >= 0.3 is 0 Å². The van der Waals surface area contributed by atoms with Gasteiger partial charge in [0.15, 0.2) is 5.78 Å². The van der Waals surface area contributed by atoms with Crippen LogP contribution in [-0.4, -0.2) is 10.6 Å². The number of Topliss-reactive ketones (excluding diaryl/α,β-unsaturated/α-hetero) is 1. The van der Waals surface area contributed by atoms with Crippen LogP contribution in [0.4, 0.5) is 4.39 Å². The number of ketones is 1. The van der Waals surface area contributed by atoms with Crippen molar-refractivity contribution in [3.8, 4) is 0 Å². The summed E-state index contributed by atoms with van der Waals surface area (Å²) in [7, 11) is 0. The molecule has 2 rings (SSSR count). The van der Waals surface area contributed by atoms with E-state index in [0.29, 0.717) is 4.88 Å². The van der Waals surface area contributed by atoms with Crippen molar-refractivity contribution in [3.63, 3.8) is 0 Å². The van der Waals surface area contributed by atoms with Crippen LogP contribution < -0.4 is 0 Å². The molecule has 2 aromatic rings. The Morgan fingerprint density at radius 2 is 1.79 bits per heavy atom. The molecule has 1 aromatic carbocycles. The third kappa shape index (κ3) is 3.54. The molecule has 6 heteroatoms. The first-order valence-corrected chi connectivity index (χ1v) is 8.82. The first-order valence-electron chi connectivity index (χ1n) is 5.31. The van der Waals surface area contributed by atoms with Crippen LogP contribution in [-0.2, 0) is 0 Å². The molecule has 100 valence electrons. The van der Waals surface area contributed by atoms with Crippen molar-refractivity contribution in [2.45, 2.75) is 9.65 Å². The number of halogens is 4. The van der Waals surface area contributed by atoms with E-state index in [1.165, 1.54) is 23.5 Å². The van der Waals surface area contributed by atoms with Crippen LogP contribution in [0, 0.1) is 5.82 Å². The Labute approximate surface area is 139 Å². The van der Waals surface area contributed by atoms with Crippen LogP contribution in [0.1, 0.15) is 20.1 Å². The lowest BCUT2D eigenvalue weighted by Gasteiger charge is -2.15. The molecule has 2 atom stereocenters. The number of carbonyl (C=O) groups excluding carboxylic acids is 1. The van der Waals surface area contributed by atoms with E-state index in [-0.39, 0.29) is 16.4 Å². The van der Waals surface area contributed by atoms with Crippen molar-refractivity contribution < 1.29 is 9.18 Å². The van der Waals surface area contributed by atoms with E-state index in [1.54, 1.807) is 12.1 Å². The molecule has 0 aliphatic heterocycles. The molecule has 1 nitrogen and oxygen atoms in total. The molecular formula is C13H8Br3FOS. The van der Waals surface area contributed by atoms with Gasteiger partial charge in [-0.05, 0) is 45.1 Å². The molecule has 1 heterocycles. The summed E-state index contributed by atoms with van der Waals surface area (Å²) in [6.45, 7) is 0. The van der Waals surface area contributed by atoms with E-state index in [4.69, 9.17) is 0 Å². The third-order valence-electron chi connectivity index (χ3n) is 2.54. The molecule has 0 saturated heterocycles. The SMILES string of the molecule is O=C(c1sccc1Br)C(Br)C(Br)c1ccc(F)cc1. The Hall–Kier alpha value is -0.0400. The fraction of sp³-hybridized carbons (Fsp3) is 0.154. The second-order valence-electron chi connectivity index (χ2n) is 3.82. The summed E-state index contributed by atoms with van der Waals surface area (Å²) in [6.07, 6.45) is 0. The number of thiophene rings is 1. The van der Waals surface area contributed by atoms with Crippen molar-refractivity contribution in [2.75, 3.05) is 0 Å². The minimum absolute atomic E-state index is 0.00641. The lowest BCUT2D eigenvalue weighted by molar-refractivity contribution is 0.0994. The summed E-state index contributed by atoms with van der Waals surface area (Å²) in [5, 5.41) is 1.86. The maximum atomic E-state index is 12.9. The van der Waals surface area contributed by atoms with Crippen LogP contribution in [0.5, 0.6) is 0 Å². The maximum absolute atomic E-state index is 12.9. The van der Waals surface area contributed by atoms with Gasteiger partial charge < -0.3 is 0 Å². The van der Waals surface area contributed by atoms with Gasteiger partial charge in [0.25, 0.3) is 0 Å². The number of carbonyl (C=O) groups is 1. The summed E-state index contributed by atoms with van der Waals surface area (Å²) in [6, 6.07) is 7.95. The van der Waals surface area contributed by atoms with Gasteiger partial charge in [0.2, 0.25) is 0 Å². The zero-order valence-electron chi connectivity index (χ0n) is 9.45. The topological polar surface area (TPSA) is 17.1 Å². The van der Waals surface area contributed by atoms with Gasteiger partial charge in [-0.2, -0.15) is 0 Å². The first-order chi connectivity index (χ1) is 9.00. The Balaban J connectivity index is 2.19. The van der Waals surface area contributed by atoms with Crippen molar-refractivity contribution in [1.29, 1.82) is 0 Å². The third-order valence-corrected chi connectivity index (χ3v) is 7.10. The van der Waals surface area contributed by atoms with E-state index >= 15 is 0 Å². The molecule has 1 aromatic heterocycles. The summed E-state index contributed by atoms with van der Waals surface area (Å²) in [4.78, 5) is 12.4.